The van der Waals surface area contributed by atoms with Gasteiger partial charge < -0.3 is 9.13 Å². The number of para-hydroxylation sites is 4. The monoisotopic (exact) mass is 791 g/mol. The molecule has 0 fully saturated rings. The van der Waals surface area contributed by atoms with Gasteiger partial charge in [0.1, 0.15) is 0 Å². The SMILES string of the molecule is c1ccc(-c2cccc(-c3nc(-c4ccccc4)nc(-c4cccc(-n5c6ccccc6c6cccc(-c7cccc8c7c7ccccc7n8-c7ccccc7)c65)c4)n3)c2)cc1. The molecule has 12 rings (SSSR count). The van der Waals surface area contributed by atoms with Crippen LogP contribution in [-0.2, 0) is 0 Å². The minimum atomic E-state index is 0.611. The molecule has 0 saturated carbocycles. The Labute approximate surface area is 358 Å². The molecule has 5 heteroatoms. The summed E-state index contributed by atoms with van der Waals surface area (Å²) < 4.78 is 4.81. The van der Waals surface area contributed by atoms with Gasteiger partial charge in [0, 0.05) is 55.2 Å². The average Bonchev–Trinajstić information content (AvgIpc) is 3.88. The summed E-state index contributed by atoms with van der Waals surface area (Å²) in [4.78, 5) is 15.4. The highest BCUT2D eigenvalue weighted by atomic mass is 15.0. The molecule has 290 valence electrons. The number of hydrogen-bond acceptors (Lipinski definition) is 3. The summed E-state index contributed by atoms with van der Waals surface area (Å²) in [5, 5.41) is 4.84. The van der Waals surface area contributed by atoms with E-state index < -0.39 is 0 Å². The number of hydrogen-bond donors (Lipinski definition) is 0. The van der Waals surface area contributed by atoms with Crippen molar-refractivity contribution < 1.29 is 0 Å². The molecular formula is C57H37N5. The molecule has 3 heterocycles. The lowest BCUT2D eigenvalue weighted by Crippen LogP contribution is -2.01. The number of aromatic nitrogens is 5. The standard InChI is InChI=1S/C57H37N5/c1-4-18-38(19-5-1)40-22-14-23-41(36-40)56-58-55(39-20-6-2-7-21-39)59-57(60-56)42-24-15-27-44(37-42)62-50-33-12-10-28-45(50)47-31-16-32-48(54(47)62)46-30-17-35-52-53(46)49-29-11-13-34-51(49)61(52)43-25-8-3-9-26-43/h1-37H. The van der Waals surface area contributed by atoms with Crippen LogP contribution < -0.4 is 0 Å². The van der Waals surface area contributed by atoms with Crippen molar-refractivity contribution in [3.63, 3.8) is 0 Å². The summed E-state index contributed by atoms with van der Waals surface area (Å²) in [5.41, 5.74) is 14.2. The second kappa shape index (κ2) is 14.7. The van der Waals surface area contributed by atoms with Gasteiger partial charge in [0.25, 0.3) is 0 Å². The minimum Gasteiger partial charge on any atom is -0.309 e. The summed E-state index contributed by atoms with van der Waals surface area (Å²) in [6.45, 7) is 0. The molecule has 0 aliphatic rings. The largest absolute Gasteiger partial charge is 0.309 e. The van der Waals surface area contributed by atoms with Gasteiger partial charge in [-0.1, -0.05) is 176 Å². The van der Waals surface area contributed by atoms with Crippen molar-refractivity contribution in [2.75, 3.05) is 0 Å². The first kappa shape index (κ1) is 35.5. The van der Waals surface area contributed by atoms with E-state index in [1.807, 2.05) is 24.3 Å². The highest BCUT2D eigenvalue weighted by Gasteiger charge is 2.22. The van der Waals surface area contributed by atoms with Crippen LogP contribution in [0.15, 0.2) is 224 Å². The van der Waals surface area contributed by atoms with Crippen molar-refractivity contribution in [2.45, 2.75) is 0 Å². The number of benzene rings is 9. The normalized spacial score (nSPS) is 11.5. The van der Waals surface area contributed by atoms with Crippen molar-refractivity contribution in [3.8, 4) is 67.8 Å². The fraction of sp³-hybridized carbons (Fsp3) is 0. The highest BCUT2D eigenvalue weighted by molar-refractivity contribution is 6.20. The molecule has 0 N–H and O–H groups in total. The number of fused-ring (bicyclic) bond motifs is 6. The number of nitrogens with zero attached hydrogens (tertiary/aromatic N) is 5. The van der Waals surface area contributed by atoms with Gasteiger partial charge in [0.05, 0.1) is 22.1 Å². The van der Waals surface area contributed by atoms with Crippen molar-refractivity contribution in [3.05, 3.63) is 224 Å². The lowest BCUT2D eigenvalue weighted by Gasteiger charge is -2.14. The first-order valence-corrected chi connectivity index (χ1v) is 21.0. The van der Waals surface area contributed by atoms with Crippen molar-refractivity contribution in [2.24, 2.45) is 0 Å². The third-order valence-electron chi connectivity index (χ3n) is 12.0. The van der Waals surface area contributed by atoms with E-state index in [-0.39, 0.29) is 0 Å². The molecule has 62 heavy (non-hydrogen) atoms. The van der Waals surface area contributed by atoms with E-state index in [1.165, 1.54) is 38.1 Å². The maximum atomic E-state index is 5.20. The molecule has 9 aromatic carbocycles. The van der Waals surface area contributed by atoms with Gasteiger partial charge in [0.2, 0.25) is 0 Å². The van der Waals surface area contributed by atoms with Gasteiger partial charge in [-0.2, -0.15) is 0 Å². The molecule has 12 aromatic rings. The third-order valence-corrected chi connectivity index (χ3v) is 12.0. The predicted octanol–water partition coefficient (Wildman–Crippen LogP) is 14.4. The van der Waals surface area contributed by atoms with Crippen LogP contribution in [0.5, 0.6) is 0 Å². The van der Waals surface area contributed by atoms with Crippen LogP contribution >= 0.6 is 0 Å². The molecule has 5 nitrogen and oxygen atoms in total. The zero-order valence-corrected chi connectivity index (χ0v) is 33.6. The van der Waals surface area contributed by atoms with Crippen LogP contribution in [0.2, 0.25) is 0 Å². The second-order valence-electron chi connectivity index (χ2n) is 15.6. The average molecular weight is 792 g/mol. The van der Waals surface area contributed by atoms with Gasteiger partial charge in [-0.3, -0.25) is 0 Å². The Morgan fingerprint density at radius 2 is 0.742 bits per heavy atom. The molecule has 3 aromatic heterocycles. The van der Waals surface area contributed by atoms with Crippen LogP contribution in [0.3, 0.4) is 0 Å². The smallest absolute Gasteiger partial charge is 0.164 e. The quantitative estimate of drug-likeness (QED) is 0.162. The van der Waals surface area contributed by atoms with Gasteiger partial charge in [0.15, 0.2) is 17.5 Å². The first-order chi connectivity index (χ1) is 30.8. The Morgan fingerprint density at radius 1 is 0.274 bits per heavy atom. The van der Waals surface area contributed by atoms with Gasteiger partial charge in [-0.25, -0.2) is 15.0 Å². The Balaban J connectivity index is 1.07. The van der Waals surface area contributed by atoms with Crippen LogP contribution in [0, 0.1) is 0 Å². The number of rotatable bonds is 7. The third kappa shape index (κ3) is 5.90. The maximum absolute atomic E-state index is 5.20. The Morgan fingerprint density at radius 3 is 1.48 bits per heavy atom. The molecule has 0 saturated heterocycles. The molecule has 0 bridgehead atoms. The first-order valence-electron chi connectivity index (χ1n) is 21.0. The molecule has 0 aliphatic carbocycles. The zero-order valence-electron chi connectivity index (χ0n) is 33.6. The van der Waals surface area contributed by atoms with Crippen LogP contribution in [0.1, 0.15) is 0 Å². The van der Waals surface area contributed by atoms with E-state index in [1.54, 1.807) is 0 Å². The van der Waals surface area contributed by atoms with Gasteiger partial charge in [-0.15, -0.1) is 0 Å². The van der Waals surface area contributed by atoms with Gasteiger partial charge >= 0.3 is 0 Å². The van der Waals surface area contributed by atoms with E-state index in [4.69, 9.17) is 15.0 Å². The fourth-order valence-corrected chi connectivity index (χ4v) is 9.21. The van der Waals surface area contributed by atoms with Gasteiger partial charge in [-0.05, 0) is 65.2 Å². The van der Waals surface area contributed by atoms with Crippen molar-refractivity contribution >= 4 is 43.6 Å². The molecule has 0 radical (unpaired) electrons. The predicted molar refractivity (Wildman–Crippen MR) is 256 cm³/mol. The topological polar surface area (TPSA) is 48.5 Å². The van der Waals surface area contributed by atoms with E-state index in [9.17, 15) is 0 Å². The summed E-state index contributed by atoms with van der Waals surface area (Å²) >= 11 is 0. The summed E-state index contributed by atoms with van der Waals surface area (Å²) in [5.74, 6) is 1.86. The minimum absolute atomic E-state index is 0.611. The molecular weight excluding hydrogens is 755 g/mol. The zero-order chi connectivity index (χ0) is 41.0. The Kier molecular flexibility index (Phi) is 8.42. The molecule has 0 unspecified atom stereocenters. The van der Waals surface area contributed by atoms with E-state index in [0.29, 0.717) is 17.5 Å². The molecule has 0 atom stereocenters. The molecule has 0 spiro atoms. The second-order valence-corrected chi connectivity index (χ2v) is 15.6. The highest BCUT2D eigenvalue weighted by Crippen LogP contribution is 2.44. The Bertz CT molecular complexity index is 3620. The van der Waals surface area contributed by atoms with Crippen LogP contribution in [0.25, 0.3) is 111 Å². The van der Waals surface area contributed by atoms with Crippen LogP contribution in [-0.4, -0.2) is 24.1 Å². The van der Waals surface area contributed by atoms with E-state index >= 15 is 0 Å². The van der Waals surface area contributed by atoms with Crippen LogP contribution in [0.4, 0.5) is 0 Å². The van der Waals surface area contributed by atoms with E-state index in [2.05, 4.69) is 209 Å². The lowest BCUT2D eigenvalue weighted by atomic mass is 9.97. The molecule has 0 aliphatic heterocycles. The van der Waals surface area contributed by atoms with Crippen molar-refractivity contribution in [1.82, 2.24) is 24.1 Å². The van der Waals surface area contributed by atoms with Crippen molar-refractivity contribution in [1.29, 1.82) is 0 Å². The lowest BCUT2D eigenvalue weighted by molar-refractivity contribution is 1.07. The summed E-state index contributed by atoms with van der Waals surface area (Å²) in [7, 11) is 0. The maximum Gasteiger partial charge on any atom is 0.164 e. The molecule has 0 amide bonds. The summed E-state index contributed by atoms with van der Waals surface area (Å²) in [6.07, 6.45) is 0. The Hall–Kier alpha value is -8.41. The summed E-state index contributed by atoms with van der Waals surface area (Å²) in [6, 6.07) is 79.2. The fourth-order valence-electron chi connectivity index (χ4n) is 9.21. The van der Waals surface area contributed by atoms with E-state index in [0.717, 1.165) is 55.8 Å².